The van der Waals surface area contributed by atoms with Crippen molar-refractivity contribution in [3.8, 4) is 5.75 Å². The Balaban J connectivity index is 1.14. The zero-order valence-corrected chi connectivity index (χ0v) is 20.2. The van der Waals surface area contributed by atoms with Crippen molar-refractivity contribution in [2.45, 2.75) is 6.61 Å². The lowest BCUT2D eigenvalue weighted by molar-refractivity contribution is -0.120. The minimum atomic E-state index is -0.0605. The van der Waals surface area contributed by atoms with Crippen LogP contribution in [0.5, 0.6) is 5.75 Å². The van der Waals surface area contributed by atoms with Gasteiger partial charge in [-0.05, 0) is 54.1 Å². The van der Waals surface area contributed by atoms with E-state index >= 15 is 0 Å². The van der Waals surface area contributed by atoms with Crippen molar-refractivity contribution in [2.24, 2.45) is 0 Å². The number of nitrogens with one attached hydrogen (secondary N) is 2. The second kappa shape index (κ2) is 12.4. The molecule has 2 amide bonds. The van der Waals surface area contributed by atoms with Crippen LogP contribution >= 0.6 is 11.6 Å². The largest absolute Gasteiger partial charge is 0.489 e. The van der Waals surface area contributed by atoms with Crippen LogP contribution in [0.3, 0.4) is 0 Å². The van der Waals surface area contributed by atoms with Gasteiger partial charge in [-0.15, -0.1) is 0 Å². The van der Waals surface area contributed by atoms with E-state index < -0.39 is 0 Å². The highest BCUT2D eigenvalue weighted by atomic mass is 35.5. The van der Waals surface area contributed by atoms with E-state index in [0.717, 1.165) is 48.9 Å². The summed E-state index contributed by atoms with van der Waals surface area (Å²) >= 11 is 5.88. The average Bonchev–Trinajstić information content (AvgIpc) is 2.87. The van der Waals surface area contributed by atoms with Crippen LogP contribution in [0.15, 0.2) is 78.9 Å². The summed E-state index contributed by atoms with van der Waals surface area (Å²) in [5, 5.41) is 6.46. The van der Waals surface area contributed by atoms with Crippen molar-refractivity contribution >= 4 is 34.8 Å². The SMILES string of the molecule is O=C(CN1CCN(CC(=O)Nc2ccc(OCc3ccccc3)cc2)CC1)Nc1ccc(Cl)cc1. The van der Waals surface area contributed by atoms with Gasteiger partial charge in [0, 0.05) is 42.6 Å². The number of piperazine rings is 1. The summed E-state index contributed by atoms with van der Waals surface area (Å²) in [6.07, 6.45) is 0. The van der Waals surface area contributed by atoms with Crippen molar-refractivity contribution in [3.63, 3.8) is 0 Å². The van der Waals surface area contributed by atoms with Gasteiger partial charge >= 0.3 is 0 Å². The maximum absolute atomic E-state index is 12.5. The Hall–Kier alpha value is -3.39. The molecule has 1 saturated heterocycles. The van der Waals surface area contributed by atoms with Crippen LogP contribution in [0.25, 0.3) is 0 Å². The second-order valence-electron chi connectivity index (χ2n) is 8.45. The number of hydrogen-bond acceptors (Lipinski definition) is 5. The number of carbonyl (C=O) groups excluding carboxylic acids is 2. The lowest BCUT2D eigenvalue weighted by Crippen LogP contribution is -2.50. The highest BCUT2D eigenvalue weighted by molar-refractivity contribution is 6.30. The molecule has 0 aromatic heterocycles. The third-order valence-corrected chi connectivity index (χ3v) is 5.97. The molecule has 0 saturated carbocycles. The van der Waals surface area contributed by atoms with Crippen LogP contribution in [0.1, 0.15) is 5.56 Å². The molecule has 182 valence electrons. The number of ether oxygens (including phenoxy) is 1. The fourth-order valence-electron chi connectivity index (χ4n) is 3.82. The third-order valence-electron chi connectivity index (χ3n) is 5.71. The first-order valence-corrected chi connectivity index (χ1v) is 12.0. The summed E-state index contributed by atoms with van der Waals surface area (Å²) in [6, 6.07) is 24.4. The van der Waals surface area contributed by atoms with Gasteiger partial charge in [-0.25, -0.2) is 0 Å². The molecule has 35 heavy (non-hydrogen) atoms. The van der Waals surface area contributed by atoms with Gasteiger partial charge in [0.15, 0.2) is 0 Å². The molecule has 0 spiro atoms. The van der Waals surface area contributed by atoms with Crippen LogP contribution in [0.2, 0.25) is 5.02 Å². The first-order chi connectivity index (χ1) is 17.0. The molecule has 2 N–H and O–H groups in total. The molecule has 0 aliphatic carbocycles. The molecular formula is C27H29ClN4O3. The van der Waals surface area contributed by atoms with E-state index in [1.54, 1.807) is 24.3 Å². The highest BCUT2D eigenvalue weighted by Gasteiger charge is 2.20. The van der Waals surface area contributed by atoms with E-state index in [2.05, 4.69) is 20.4 Å². The van der Waals surface area contributed by atoms with Gasteiger partial charge in [-0.3, -0.25) is 19.4 Å². The first kappa shape index (κ1) is 24.7. The molecule has 8 heteroatoms. The van der Waals surface area contributed by atoms with Crippen LogP contribution in [0.4, 0.5) is 11.4 Å². The van der Waals surface area contributed by atoms with Crippen LogP contribution in [0, 0.1) is 0 Å². The molecule has 3 aromatic rings. The van der Waals surface area contributed by atoms with Gasteiger partial charge < -0.3 is 15.4 Å². The molecule has 0 unspecified atom stereocenters. The zero-order valence-electron chi connectivity index (χ0n) is 19.5. The molecule has 1 aliphatic rings. The van der Waals surface area contributed by atoms with E-state index in [1.807, 2.05) is 54.6 Å². The Morgan fingerprint density at radius 3 is 1.71 bits per heavy atom. The van der Waals surface area contributed by atoms with Gasteiger partial charge in [0.25, 0.3) is 0 Å². The predicted octanol–water partition coefficient (Wildman–Crippen LogP) is 4.11. The summed E-state index contributed by atoms with van der Waals surface area (Å²) in [5.74, 6) is 0.634. The lowest BCUT2D eigenvalue weighted by Gasteiger charge is -2.33. The first-order valence-electron chi connectivity index (χ1n) is 11.6. The summed E-state index contributed by atoms with van der Waals surface area (Å²) in [4.78, 5) is 29.0. The molecule has 0 bridgehead atoms. The molecular weight excluding hydrogens is 464 g/mol. The van der Waals surface area contributed by atoms with E-state index in [1.165, 1.54) is 0 Å². The Bertz CT molecular complexity index is 1100. The molecule has 1 heterocycles. The Labute approximate surface area is 210 Å². The van der Waals surface area contributed by atoms with E-state index in [4.69, 9.17) is 16.3 Å². The van der Waals surface area contributed by atoms with E-state index in [0.29, 0.717) is 24.7 Å². The van der Waals surface area contributed by atoms with Crippen LogP contribution < -0.4 is 15.4 Å². The molecule has 1 fully saturated rings. The monoisotopic (exact) mass is 492 g/mol. The zero-order chi connectivity index (χ0) is 24.5. The standard InChI is InChI=1S/C27H29ClN4O3/c28-22-6-8-23(9-7-22)29-26(33)18-31-14-16-32(17-15-31)19-27(34)30-24-10-12-25(13-11-24)35-20-21-4-2-1-3-5-21/h1-13H,14-20H2,(H,29,33)(H,30,34). The molecule has 4 rings (SSSR count). The van der Waals surface area contributed by atoms with Gasteiger partial charge in [0.2, 0.25) is 11.8 Å². The molecule has 0 radical (unpaired) electrons. The van der Waals surface area contributed by atoms with Crippen molar-refractivity contribution in [2.75, 3.05) is 49.9 Å². The predicted molar refractivity (Wildman–Crippen MR) is 139 cm³/mol. The third kappa shape index (κ3) is 8.10. The van der Waals surface area contributed by atoms with E-state index in [-0.39, 0.29) is 11.8 Å². The van der Waals surface area contributed by atoms with Crippen molar-refractivity contribution < 1.29 is 14.3 Å². The van der Waals surface area contributed by atoms with Gasteiger partial charge in [-0.2, -0.15) is 0 Å². The van der Waals surface area contributed by atoms with Crippen molar-refractivity contribution in [1.82, 2.24) is 9.80 Å². The molecule has 3 aromatic carbocycles. The number of benzene rings is 3. The summed E-state index contributed by atoms with van der Waals surface area (Å²) in [6.45, 7) is 4.06. The normalized spacial score (nSPS) is 14.3. The van der Waals surface area contributed by atoms with Gasteiger partial charge in [0.1, 0.15) is 12.4 Å². The van der Waals surface area contributed by atoms with Gasteiger partial charge in [-0.1, -0.05) is 41.9 Å². The maximum atomic E-state index is 12.5. The number of nitrogens with zero attached hydrogens (tertiary/aromatic N) is 2. The second-order valence-corrected chi connectivity index (χ2v) is 8.89. The van der Waals surface area contributed by atoms with Crippen molar-refractivity contribution in [1.29, 1.82) is 0 Å². The number of rotatable bonds is 9. The highest BCUT2D eigenvalue weighted by Crippen LogP contribution is 2.17. The smallest absolute Gasteiger partial charge is 0.238 e. The minimum Gasteiger partial charge on any atom is -0.489 e. The topological polar surface area (TPSA) is 73.9 Å². The van der Waals surface area contributed by atoms with Crippen molar-refractivity contribution in [3.05, 3.63) is 89.4 Å². The fourth-order valence-corrected chi connectivity index (χ4v) is 3.95. The maximum Gasteiger partial charge on any atom is 0.238 e. The minimum absolute atomic E-state index is 0.0584. The van der Waals surface area contributed by atoms with Crippen LogP contribution in [-0.4, -0.2) is 60.9 Å². The molecule has 1 aliphatic heterocycles. The van der Waals surface area contributed by atoms with Crippen LogP contribution in [-0.2, 0) is 16.2 Å². The number of halogens is 1. The Morgan fingerprint density at radius 2 is 1.20 bits per heavy atom. The average molecular weight is 493 g/mol. The summed E-state index contributed by atoms with van der Waals surface area (Å²) < 4.78 is 5.79. The van der Waals surface area contributed by atoms with E-state index in [9.17, 15) is 9.59 Å². The molecule has 0 atom stereocenters. The Morgan fingerprint density at radius 1 is 0.714 bits per heavy atom. The number of anilines is 2. The quantitative estimate of drug-likeness (QED) is 0.470. The number of amides is 2. The molecule has 7 nitrogen and oxygen atoms in total. The fraction of sp³-hybridized carbons (Fsp3) is 0.259. The number of carbonyl (C=O) groups is 2. The summed E-state index contributed by atoms with van der Waals surface area (Å²) in [5.41, 5.74) is 2.57. The number of hydrogen-bond donors (Lipinski definition) is 2. The lowest BCUT2D eigenvalue weighted by atomic mass is 10.2. The Kier molecular flexibility index (Phi) is 8.73. The summed E-state index contributed by atoms with van der Waals surface area (Å²) in [7, 11) is 0. The van der Waals surface area contributed by atoms with Gasteiger partial charge in [0.05, 0.1) is 13.1 Å².